The van der Waals surface area contributed by atoms with E-state index < -0.39 is 0 Å². The van der Waals surface area contributed by atoms with Crippen LogP contribution in [-0.2, 0) is 20.7 Å². The second-order valence-electron chi connectivity index (χ2n) is 6.39. The second kappa shape index (κ2) is 7.02. The minimum atomic E-state index is -0.271. The van der Waals surface area contributed by atoms with Crippen molar-refractivity contribution in [3.63, 3.8) is 0 Å². The number of hydrogen-bond acceptors (Lipinski definition) is 4. The SMILES string of the molecule is CN1CC[C@H](C(=O)OCCN2CCCc3ccccc32)CC1=O. The summed E-state index contributed by atoms with van der Waals surface area (Å²) < 4.78 is 5.43. The number of aryl methyl sites for hydroxylation is 1. The first-order valence-corrected chi connectivity index (χ1v) is 8.38. The number of nitrogens with zero attached hydrogens (tertiary/aromatic N) is 2. The Bertz CT molecular complexity index is 587. The molecule has 0 unspecified atom stereocenters. The molecule has 1 aromatic carbocycles. The predicted octanol–water partition coefficient (Wildman–Crippen LogP) is 1.85. The molecule has 2 aliphatic rings. The van der Waals surface area contributed by atoms with Crippen LogP contribution in [0.2, 0.25) is 0 Å². The van der Waals surface area contributed by atoms with Crippen molar-refractivity contribution in [2.45, 2.75) is 25.7 Å². The third-order valence-electron chi connectivity index (χ3n) is 4.81. The van der Waals surface area contributed by atoms with E-state index in [1.165, 1.54) is 11.3 Å². The Kier molecular flexibility index (Phi) is 4.84. The maximum atomic E-state index is 12.1. The van der Waals surface area contributed by atoms with Gasteiger partial charge in [0.05, 0.1) is 12.5 Å². The van der Waals surface area contributed by atoms with Gasteiger partial charge in [-0.05, 0) is 30.9 Å². The van der Waals surface area contributed by atoms with Crippen LogP contribution in [0.25, 0.3) is 0 Å². The zero-order chi connectivity index (χ0) is 16.2. The maximum absolute atomic E-state index is 12.1. The van der Waals surface area contributed by atoms with E-state index in [4.69, 9.17) is 4.74 Å². The topological polar surface area (TPSA) is 49.9 Å². The van der Waals surface area contributed by atoms with Crippen molar-refractivity contribution in [3.8, 4) is 0 Å². The van der Waals surface area contributed by atoms with Gasteiger partial charge in [-0.25, -0.2) is 0 Å². The molecule has 0 radical (unpaired) electrons. The Morgan fingerprint density at radius 3 is 2.96 bits per heavy atom. The number of hydrogen-bond donors (Lipinski definition) is 0. The van der Waals surface area contributed by atoms with E-state index in [-0.39, 0.29) is 24.2 Å². The van der Waals surface area contributed by atoms with E-state index in [2.05, 4.69) is 23.1 Å². The Hall–Kier alpha value is -2.04. The maximum Gasteiger partial charge on any atom is 0.309 e. The lowest BCUT2D eigenvalue weighted by Crippen LogP contribution is -2.39. The molecule has 0 aromatic heterocycles. The Morgan fingerprint density at radius 1 is 1.30 bits per heavy atom. The number of fused-ring (bicyclic) bond motifs is 1. The van der Waals surface area contributed by atoms with Crippen LogP contribution in [0.3, 0.4) is 0 Å². The van der Waals surface area contributed by atoms with Gasteiger partial charge in [-0.3, -0.25) is 9.59 Å². The summed E-state index contributed by atoms with van der Waals surface area (Å²) >= 11 is 0. The van der Waals surface area contributed by atoms with Crippen molar-refractivity contribution in [1.82, 2.24) is 4.90 Å². The minimum absolute atomic E-state index is 0.0307. The van der Waals surface area contributed by atoms with Gasteiger partial charge in [0.15, 0.2) is 0 Å². The van der Waals surface area contributed by atoms with Crippen LogP contribution in [0.5, 0.6) is 0 Å². The quantitative estimate of drug-likeness (QED) is 0.796. The summed E-state index contributed by atoms with van der Waals surface area (Å²) in [5, 5.41) is 0. The average Bonchev–Trinajstić information content (AvgIpc) is 2.57. The summed E-state index contributed by atoms with van der Waals surface area (Å²) in [4.78, 5) is 27.8. The van der Waals surface area contributed by atoms with Crippen molar-refractivity contribution in [2.24, 2.45) is 5.92 Å². The summed E-state index contributed by atoms with van der Waals surface area (Å²) in [6.45, 7) is 2.73. The number of piperidine rings is 1. The number of anilines is 1. The number of benzene rings is 1. The number of ether oxygens (including phenoxy) is 1. The molecule has 23 heavy (non-hydrogen) atoms. The van der Waals surface area contributed by atoms with Gasteiger partial charge >= 0.3 is 5.97 Å². The van der Waals surface area contributed by atoms with Gasteiger partial charge in [0.25, 0.3) is 0 Å². The highest BCUT2D eigenvalue weighted by molar-refractivity contribution is 5.84. The lowest BCUT2D eigenvalue weighted by molar-refractivity contribution is -0.153. The first-order chi connectivity index (χ1) is 11.1. The molecule has 1 atom stereocenters. The molecule has 0 aliphatic carbocycles. The summed E-state index contributed by atoms with van der Waals surface area (Å²) in [6.07, 6.45) is 3.23. The van der Waals surface area contributed by atoms with Crippen molar-refractivity contribution in [1.29, 1.82) is 0 Å². The fourth-order valence-electron chi connectivity index (χ4n) is 3.36. The molecule has 1 fully saturated rings. The predicted molar refractivity (Wildman–Crippen MR) is 88.3 cm³/mol. The number of esters is 1. The smallest absolute Gasteiger partial charge is 0.309 e. The molecule has 0 bridgehead atoms. The second-order valence-corrected chi connectivity index (χ2v) is 6.39. The first kappa shape index (κ1) is 15.8. The third kappa shape index (κ3) is 3.66. The van der Waals surface area contributed by atoms with Gasteiger partial charge in [-0.15, -0.1) is 0 Å². The van der Waals surface area contributed by atoms with Gasteiger partial charge < -0.3 is 14.5 Å². The number of carbonyl (C=O) groups is 2. The zero-order valence-corrected chi connectivity index (χ0v) is 13.7. The lowest BCUT2D eigenvalue weighted by Gasteiger charge is -2.31. The van der Waals surface area contributed by atoms with Crippen molar-refractivity contribution in [3.05, 3.63) is 29.8 Å². The molecule has 5 heteroatoms. The minimum Gasteiger partial charge on any atom is -0.464 e. The van der Waals surface area contributed by atoms with Gasteiger partial charge in [0.2, 0.25) is 5.91 Å². The molecule has 1 amide bonds. The molecule has 124 valence electrons. The molecular formula is C18H24N2O3. The van der Waals surface area contributed by atoms with Crippen LogP contribution in [0.4, 0.5) is 5.69 Å². The number of amides is 1. The molecular weight excluding hydrogens is 292 g/mol. The Morgan fingerprint density at radius 2 is 2.13 bits per heavy atom. The molecule has 0 N–H and O–H groups in total. The number of para-hydroxylation sites is 1. The lowest BCUT2D eigenvalue weighted by atomic mass is 9.97. The van der Waals surface area contributed by atoms with Crippen molar-refractivity contribution < 1.29 is 14.3 Å². The van der Waals surface area contributed by atoms with Crippen molar-refractivity contribution >= 4 is 17.6 Å². The summed E-state index contributed by atoms with van der Waals surface area (Å²) in [5.41, 5.74) is 2.62. The van der Waals surface area contributed by atoms with Crippen LogP contribution in [0.1, 0.15) is 24.8 Å². The van der Waals surface area contributed by atoms with Crippen LogP contribution >= 0.6 is 0 Å². The van der Waals surface area contributed by atoms with E-state index in [1.54, 1.807) is 11.9 Å². The zero-order valence-electron chi connectivity index (χ0n) is 13.7. The average molecular weight is 316 g/mol. The molecule has 2 aliphatic heterocycles. The standard InChI is InChI=1S/C18H24N2O3/c1-19-10-8-15(13-17(19)21)18(22)23-12-11-20-9-4-6-14-5-2-3-7-16(14)20/h2-3,5,7,15H,4,6,8-13H2,1H3/t15-/m0/s1. The first-order valence-electron chi connectivity index (χ1n) is 8.38. The van der Waals surface area contributed by atoms with Crippen LogP contribution in [-0.4, -0.2) is 50.1 Å². The van der Waals surface area contributed by atoms with Crippen molar-refractivity contribution in [2.75, 3.05) is 38.2 Å². The van der Waals surface area contributed by atoms with Gasteiger partial charge in [0.1, 0.15) is 6.61 Å². The summed E-state index contributed by atoms with van der Waals surface area (Å²) in [5.74, 6) is -0.466. The summed E-state index contributed by atoms with van der Waals surface area (Å²) in [6, 6.07) is 8.41. The molecule has 5 nitrogen and oxygen atoms in total. The monoisotopic (exact) mass is 316 g/mol. The van der Waals surface area contributed by atoms with Gasteiger partial charge in [-0.2, -0.15) is 0 Å². The Labute approximate surface area is 137 Å². The molecule has 0 spiro atoms. The molecule has 2 heterocycles. The highest BCUT2D eigenvalue weighted by Gasteiger charge is 2.29. The fraction of sp³-hybridized carbons (Fsp3) is 0.556. The fourth-order valence-corrected chi connectivity index (χ4v) is 3.36. The van der Waals surface area contributed by atoms with E-state index in [1.807, 2.05) is 6.07 Å². The number of likely N-dealkylation sites (tertiary alicyclic amines) is 1. The van der Waals surface area contributed by atoms with E-state index in [0.29, 0.717) is 26.1 Å². The van der Waals surface area contributed by atoms with E-state index >= 15 is 0 Å². The largest absolute Gasteiger partial charge is 0.464 e. The highest BCUT2D eigenvalue weighted by atomic mass is 16.5. The van der Waals surface area contributed by atoms with Crippen LogP contribution < -0.4 is 4.90 Å². The van der Waals surface area contributed by atoms with E-state index in [0.717, 1.165) is 19.4 Å². The van der Waals surface area contributed by atoms with Crippen LogP contribution in [0.15, 0.2) is 24.3 Å². The van der Waals surface area contributed by atoms with Crippen LogP contribution in [0, 0.1) is 5.92 Å². The van der Waals surface area contributed by atoms with Gasteiger partial charge in [-0.1, -0.05) is 18.2 Å². The molecule has 1 aromatic rings. The molecule has 3 rings (SSSR count). The summed E-state index contributed by atoms with van der Waals surface area (Å²) in [7, 11) is 1.78. The highest BCUT2D eigenvalue weighted by Crippen LogP contribution is 2.26. The third-order valence-corrected chi connectivity index (χ3v) is 4.81. The number of rotatable bonds is 4. The van der Waals surface area contributed by atoms with Gasteiger partial charge in [0, 0.05) is 32.2 Å². The normalized spacial score (nSPS) is 21.1. The molecule has 1 saturated heterocycles. The molecule has 0 saturated carbocycles. The Balaban J connectivity index is 1.49. The van der Waals surface area contributed by atoms with E-state index in [9.17, 15) is 9.59 Å². The number of carbonyl (C=O) groups excluding carboxylic acids is 2.